The summed E-state index contributed by atoms with van der Waals surface area (Å²) < 4.78 is 26.9. The van der Waals surface area contributed by atoms with Gasteiger partial charge in [-0.2, -0.15) is 0 Å². The minimum atomic E-state index is -3.37. The van der Waals surface area contributed by atoms with Crippen LogP contribution in [0, 0.1) is 0 Å². The molecule has 0 spiro atoms. The van der Waals surface area contributed by atoms with Gasteiger partial charge in [-0.05, 0) is 48.5 Å². The quantitative estimate of drug-likeness (QED) is 0.529. The Labute approximate surface area is 168 Å². The summed E-state index contributed by atoms with van der Waals surface area (Å²) in [6.07, 6.45) is 1.07. The topological polar surface area (TPSA) is 93.1 Å². The molecule has 8 heteroatoms. The highest BCUT2D eigenvalue weighted by molar-refractivity contribution is 7.92. The third-order valence-corrected chi connectivity index (χ3v) is 4.86. The van der Waals surface area contributed by atoms with Crippen molar-refractivity contribution in [3.05, 3.63) is 84.4 Å². The largest absolute Gasteiger partial charge is 0.292 e. The summed E-state index contributed by atoms with van der Waals surface area (Å²) in [7, 11) is -3.37. The molecule has 0 saturated heterocycles. The van der Waals surface area contributed by atoms with Crippen molar-refractivity contribution < 1.29 is 13.2 Å². The number of carbonyl (C=O) groups is 1. The molecule has 0 fully saturated rings. The van der Waals surface area contributed by atoms with Crippen LogP contribution in [0.15, 0.2) is 78.9 Å². The summed E-state index contributed by atoms with van der Waals surface area (Å²) in [6, 6.07) is 23.5. The first kappa shape index (κ1) is 18.7. The molecule has 0 aliphatic heterocycles. The number of aromatic nitrogens is 2. The van der Waals surface area contributed by atoms with Crippen molar-refractivity contribution in [2.75, 3.05) is 16.3 Å². The van der Waals surface area contributed by atoms with Gasteiger partial charge in [-0.3, -0.25) is 19.4 Å². The van der Waals surface area contributed by atoms with E-state index in [4.69, 9.17) is 0 Å². The van der Waals surface area contributed by atoms with Crippen LogP contribution in [0.5, 0.6) is 0 Å². The van der Waals surface area contributed by atoms with Gasteiger partial charge in [0, 0.05) is 16.9 Å². The number of nitrogens with one attached hydrogen (secondary N) is 2. The molecule has 2 N–H and O–H groups in total. The Morgan fingerprint density at radius 2 is 1.55 bits per heavy atom. The fourth-order valence-electron chi connectivity index (χ4n) is 3.03. The van der Waals surface area contributed by atoms with Crippen LogP contribution in [0.1, 0.15) is 10.4 Å². The molecule has 4 aromatic rings. The van der Waals surface area contributed by atoms with E-state index < -0.39 is 10.0 Å². The van der Waals surface area contributed by atoms with E-state index in [1.807, 2.05) is 59.2 Å². The molecular weight excluding hydrogens is 388 g/mol. The number of anilines is 2. The van der Waals surface area contributed by atoms with Crippen LogP contribution < -0.4 is 10.0 Å². The lowest BCUT2D eigenvalue weighted by Crippen LogP contribution is -2.16. The second-order valence-electron chi connectivity index (χ2n) is 6.50. The Balaban J connectivity index is 1.67. The summed E-state index contributed by atoms with van der Waals surface area (Å²) >= 11 is 0. The number of fused-ring (bicyclic) bond motifs is 1. The molecule has 0 bridgehead atoms. The molecule has 1 amide bonds. The fraction of sp³-hybridized carbons (Fsp3) is 0.0476. The zero-order chi connectivity index (χ0) is 20.4. The molecule has 0 unspecified atom stereocenters. The van der Waals surface area contributed by atoms with Crippen LogP contribution in [0.3, 0.4) is 0 Å². The summed E-state index contributed by atoms with van der Waals surface area (Å²) in [4.78, 5) is 17.3. The molecule has 7 nitrogen and oxygen atoms in total. The second kappa shape index (κ2) is 7.40. The van der Waals surface area contributed by atoms with Crippen LogP contribution in [0.2, 0.25) is 0 Å². The van der Waals surface area contributed by atoms with E-state index in [0.29, 0.717) is 17.2 Å². The first-order valence-electron chi connectivity index (χ1n) is 8.83. The molecule has 0 saturated carbocycles. The summed E-state index contributed by atoms with van der Waals surface area (Å²) in [5, 5.41) is 2.86. The molecular formula is C21H18N4O3S. The molecule has 1 heterocycles. The highest BCUT2D eigenvalue weighted by Gasteiger charge is 2.15. The molecule has 29 heavy (non-hydrogen) atoms. The van der Waals surface area contributed by atoms with Crippen molar-refractivity contribution in [3.63, 3.8) is 0 Å². The number of sulfonamides is 1. The van der Waals surface area contributed by atoms with Crippen LogP contribution >= 0.6 is 0 Å². The molecule has 0 aliphatic carbocycles. The lowest BCUT2D eigenvalue weighted by molar-refractivity contribution is 0.102. The maximum Gasteiger partial charge on any atom is 0.257 e. The van der Waals surface area contributed by atoms with Gasteiger partial charge in [0.25, 0.3) is 5.91 Å². The standard InChI is InChI=1S/C21H18N4O3S/c1-29(27,28)24-16-13-11-15(12-14-16)20(26)23-21-22-18-9-5-6-10-19(18)25(21)17-7-3-2-4-8-17/h2-14,24H,1H3,(H,22,23,26). The number of hydrogen-bond acceptors (Lipinski definition) is 4. The number of carbonyl (C=O) groups excluding carboxylic acids is 1. The van der Waals surface area contributed by atoms with Gasteiger partial charge in [0.15, 0.2) is 0 Å². The first-order valence-corrected chi connectivity index (χ1v) is 10.7. The Hall–Kier alpha value is -3.65. The van der Waals surface area contributed by atoms with Gasteiger partial charge >= 0.3 is 0 Å². The van der Waals surface area contributed by atoms with Gasteiger partial charge in [0.05, 0.1) is 17.3 Å². The average molecular weight is 406 g/mol. The first-order chi connectivity index (χ1) is 13.9. The lowest BCUT2D eigenvalue weighted by Gasteiger charge is -2.10. The number of para-hydroxylation sites is 3. The van der Waals surface area contributed by atoms with Crippen LogP contribution in [-0.2, 0) is 10.0 Å². The minimum Gasteiger partial charge on any atom is -0.292 e. The normalized spacial score (nSPS) is 11.3. The second-order valence-corrected chi connectivity index (χ2v) is 8.25. The highest BCUT2D eigenvalue weighted by atomic mass is 32.2. The Bertz CT molecular complexity index is 1280. The van der Waals surface area contributed by atoms with Crippen molar-refractivity contribution in [1.29, 1.82) is 0 Å². The molecule has 0 aliphatic rings. The zero-order valence-electron chi connectivity index (χ0n) is 15.5. The number of imidazole rings is 1. The van der Waals surface area contributed by atoms with Crippen LogP contribution in [0.25, 0.3) is 16.7 Å². The Morgan fingerprint density at radius 1 is 0.897 bits per heavy atom. The average Bonchev–Trinajstić information content (AvgIpc) is 3.05. The molecule has 0 atom stereocenters. The Kier molecular flexibility index (Phi) is 4.77. The van der Waals surface area contributed by atoms with Crippen molar-refractivity contribution >= 4 is 38.6 Å². The molecule has 0 radical (unpaired) electrons. The van der Waals surface area contributed by atoms with Crippen molar-refractivity contribution in [1.82, 2.24) is 9.55 Å². The third-order valence-electron chi connectivity index (χ3n) is 4.25. The number of rotatable bonds is 5. The molecule has 146 valence electrons. The van der Waals surface area contributed by atoms with E-state index in [2.05, 4.69) is 15.0 Å². The van der Waals surface area contributed by atoms with E-state index in [1.165, 1.54) is 12.1 Å². The fourth-order valence-corrected chi connectivity index (χ4v) is 3.59. The van der Waals surface area contributed by atoms with Gasteiger partial charge in [-0.1, -0.05) is 30.3 Å². The van der Waals surface area contributed by atoms with E-state index in [1.54, 1.807) is 12.1 Å². The van der Waals surface area contributed by atoms with Crippen molar-refractivity contribution in [2.45, 2.75) is 0 Å². The zero-order valence-corrected chi connectivity index (χ0v) is 16.3. The van der Waals surface area contributed by atoms with E-state index in [-0.39, 0.29) is 5.91 Å². The number of hydrogen-bond donors (Lipinski definition) is 2. The third kappa shape index (κ3) is 4.12. The molecule has 1 aromatic heterocycles. The van der Waals surface area contributed by atoms with Gasteiger partial charge in [-0.25, -0.2) is 13.4 Å². The molecule has 3 aromatic carbocycles. The summed E-state index contributed by atoms with van der Waals surface area (Å²) in [5.74, 6) is 0.0594. The summed E-state index contributed by atoms with van der Waals surface area (Å²) in [5.41, 5.74) is 3.29. The predicted octanol–water partition coefficient (Wildman–Crippen LogP) is 3.65. The number of benzene rings is 3. The number of amides is 1. The minimum absolute atomic E-state index is 0.344. The smallest absolute Gasteiger partial charge is 0.257 e. The van der Waals surface area contributed by atoms with Crippen LogP contribution in [-0.4, -0.2) is 30.1 Å². The van der Waals surface area contributed by atoms with Gasteiger partial charge in [0.2, 0.25) is 16.0 Å². The van der Waals surface area contributed by atoms with E-state index >= 15 is 0 Å². The highest BCUT2D eigenvalue weighted by Crippen LogP contribution is 2.25. The summed E-state index contributed by atoms with van der Waals surface area (Å²) in [6.45, 7) is 0. The van der Waals surface area contributed by atoms with Gasteiger partial charge in [0.1, 0.15) is 0 Å². The Morgan fingerprint density at radius 3 is 2.24 bits per heavy atom. The van der Waals surface area contributed by atoms with Crippen molar-refractivity contribution in [3.8, 4) is 5.69 Å². The maximum absolute atomic E-state index is 12.8. The van der Waals surface area contributed by atoms with Gasteiger partial charge < -0.3 is 0 Å². The van der Waals surface area contributed by atoms with Crippen molar-refractivity contribution in [2.24, 2.45) is 0 Å². The predicted molar refractivity (Wildman–Crippen MR) is 114 cm³/mol. The van der Waals surface area contributed by atoms with Crippen LogP contribution in [0.4, 0.5) is 11.6 Å². The van der Waals surface area contributed by atoms with Gasteiger partial charge in [-0.15, -0.1) is 0 Å². The lowest BCUT2D eigenvalue weighted by atomic mass is 10.2. The van der Waals surface area contributed by atoms with E-state index in [0.717, 1.165) is 23.0 Å². The number of nitrogens with zero attached hydrogens (tertiary/aromatic N) is 2. The maximum atomic E-state index is 12.8. The molecule has 4 rings (SSSR count). The monoisotopic (exact) mass is 406 g/mol. The SMILES string of the molecule is CS(=O)(=O)Nc1ccc(C(=O)Nc2nc3ccccc3n2-c2ccccc2)cc1. The van der Waals surface area contributed by atoms with E-state index in [9.17, 15) is 13.2 Å².